The van der Waals surface area contributed by atoms with Gasteiger partial charge in [0.2, 0.25) is 0 Å². The van der Waals surface area contributed by atoms with E-state index in [0.717, 1.165) is 19.4 Å². The molecule has 0 aromatic rings. The standard InChI is InChI=1S/C6H8NO/c8-5-6-3-1-2-4-7-6/h3,7H,1-2,4H2. The quantitative estimate of drug-likeness (QED) is 0.454. The van der Waals surface area contributed by atoms with E-state index in [-0.39, 0.29) is 0 Å². The van der Waals surface area contributed by atoms with Crippen molar-refractivity contribution in [3.63, 3.8) is 0 Å². The lowest BCUT2D eigenvalue weighted by atomic mass is 10.1. The predicted octanol–water partition coefficient (Wildman–Crippen LogP) is 0.290. The van der Waals surface area contributed by atoms with Gasteiger partial charge in [-0.1, -0.05) is 0 Å². The monoisotopic (exact) mass is 110 g/mol. The van der Waals surface area contributed by atoms with Crippen LogP contribution in [0.15, 0.2) is 5.70 Å². The molecule has 0 atom stereocenters. The summed E-state index contributed by atoms with van der Waals surface area (Å²) < 4.78 is 0. The highest BCUT2D eigenvalue weighted by atomic mass is 16.1. The average molecular weight is 110 g/mol. The van der Waals surface area contributed by atoms with E-state index in [1.54, 1.807) is 5.94 Å². The SMILES string of the molecule is O=C=C1[CH]CCCN1. The zero-order chi connectivity index (χ0) is 5.82. The van der Waals surface area contributed by atoms with Gasteiger partial charge in [0.05, 0.1) is 0 Å². The van der Waals surface area contributed by atoms with E-state index in [2.05, 4.69) is 5.32 Å². The summed E-state index contributed by atoms with van der Waals surface area (Å²) in [6.07, 6.45) is 4.01. The molecule has 0 aromatic carbocycles. The maximum Gasteiger partial charge on any atom is 0.145 e. The van der Waals surface area contributed by atoms with Crippen molar-refractivity contribution in [3.8, 4) is 0 Å². The first-order valence-corrected chi connectivity index (χ1v) is 2.75. The highest BCUT2D eigenvalue weighted by molar-refractivity contribution is 5.54. The Kier molecular flexibility index (Phi) is 1.70. The van der Waals surface area contributed by atoms with Crippen LogP contribution in [0.25, 0.3) is 0 Å². The molecule has 0 bridgehead atoms. The molecule has 8 heavy (non-hydrogen) atoms. The molecule has 1 fully saturated rings. The number of piperidine rings is 1. The van der Waals surface area contributed by atoms with Gasteiger partial charge in [-0.05, 0) is 12.8 Å². The van der Waals surface area contributed by atoms with Crippen LogP contribution in [0.2, 0.25) is 0 Å². The zero-order valence-electron chi connectivity index (χ0n) is 4.61. The first kappa shape index (κ1) is 5.39. The summed E-state index contributed by atoms with van der Waals surface area (Å²) in [5, 5.41) is 2.91. The minimum absolute atomic E-state index is 0.622. The molecule has 1 rings (SSSR count). The summed E-state index contributed by atoms with van der Waals surface area (Å²) in [7, 11) is 0. The number of rotatable bonds is 0. The molecular formula is C6H8NO. The van der Waals surface area contributed by atoms with Crippen LogP contribution in [0.3, 0.4) is 0 Å². The Morgan fingerprint density at radius 1 is 1.75 bits per heavy atom. The van der Waals surface area contributed by atoms with E-state index in [4.69, 9.17) is 0 Å². The summed E-state index contributed by atoms with van der Waals surface area (Å²) in [6.45, 7) is 0.918. The Morgan fingerprint density at radius 2 is 2.62 bits per heavy atom. The molecule has 1 saturated heterocycles. The van der Waals surface area contributed by atoms with Gasteiger partial charge >= 0.3 is 0 Å². The van der Waals surface area contributed by atoms with Crippen LogP contribution in [0, 0.1) is 6.42 Å². The van der Waals surface area contributed by atoms with Gasteiger partial charge in [-0.25, -0.2) is 4.79 Å². The summed E-state index contributed by atoms with van der Waals surface area (Å²) in [4.78, 5) is 9.90. The first-order chi connectivity index (χ1) is 3.93. The molecule has 0 aromatic heterocycles. The van der Waals surface area contributed by atoms with Crippen molar-refractivity contribution in [2.45, 2.75) is 12.8 Å². The maximum atomic E-state index is 9.90. The molecule has 1 heterocycles. The molecule has 1 aliphatic heterocycles. The van der Waals surface area contributed by atoms with Gasteiger partial charge in [0.1, 0.15) is 11.6 Å². The van der Waals surface area contributed by atoms with Gasteiger partial charge in [-0.15, -0.1) is 0 Å². The largest absolute Gasteiger partial charge is 0.379 e. The molecule has 1 radical (unpaired) electrons. The van der Waals surface area contributed by atoms with Crippen molar-refractivity contribution in [2.75, 3.05) is 6.54 Å². The lowest BCUT2D eigenvalue weighted by Gasteiger charge is -2.11. The third-order valence-corrected chi connectivity index (χ3v) is 1.15. The number of hydrogen-bond donors (Lipinski definition) is 1. The minimum atomic E-state index is 0.622. The second kappa shape index (κ2) is 2.53. The molecule has 0 amide bonds. The van der Waals surface area contributed by atoms with Gasteiger partial charge < -0.3 is 5.32 Å². The van der Waals surface area contributed by atoms with Crippen molar-refractivity contribution in [2.24, 2.45) is 0 Å². The van der Waals surface area contributed by atoms with Crippen LogP contribution in [0.4, 0.5) is 0 Å². The predicted molar refractivity (Wildman–Crippen MR) is 30.7 cm³/mol. The Bertz CT molecular complexity index is 116. The minimum Gasteiger partial charge on any atom is -0.379 e. The van der Waals surface area contributed by atoms with Crippen molar-refractivity contribution >= 4 is 5.94 Å². The third kappa shape index (κ3) is 1.11. The molecule has 2 heteroatoms. The molecule has 43 valence electrons. The van der Waals surface area contributed by atoms with Crippen molar-refractivity contribution in [1.29, 1.82) is 0 Å². The normalized spacial score (nSPS) is 19.2. The van der Waals surface area contributed by atoms with E-state index < -0.39 is 0 Å². The summed E-state index contributed by atoms with van der Waals surface area (Å²) in [6, 6.07) is 0. The summed E-state index contributed by atoms with van der Waals surface area (Å²) in [5.74, 6) is 1.80. The molecular weight excluding hydrogens is 102 g/mol. The van der Waals surface area contributed by atoms with Gasteiger partial charge in [0.25, 0.3) is 0 Å². The van der Waals surface area contributed by atoms with Gasteiger partial charge in [-0.2, -0.15) is 0 Å². The Labute approximate surface area is 48.6 Å². The second-order valence-corrected chi connectivity index (χ2v) is 1.79. The lowest BCUT2D eigenvalue weighted by molar-refractivity contribution is 0.560. The van der Waals surface area contributed by atoms with Crippen LogP contribution in [-0.2, 0) is 4.79 Å². The molecule has 2 nitrogen and oxygen atoms in total. The van der Waals surface area contributed by atoms with Crippen LogP contribution in [0.5, 0.6) is 0 Å². The molecule has 1 N–H and O–H groups in total. The highest BCUT2D eigenvalue weighted by Gasteiger charge is 2.02. The van der Waals surface area contributed by atoms with Gasteiger partial charge in [0.15, 0.2) is 0 Å². The zero-order valence-corrected chi connectivity index (χ0v) is 4.61. The third-order valence-electron chi connectivity index (χ3n) is 1.15. The Morgan fingerprint density at radius 3 is 3.00 bits per heavy atom. The highest BCUT2D eigenvalue weighted by Crippen LogP contribution is 2.04. The molecule has 0 aliphatic carbocycles. The van der Waals surface area contributed by atoms with Crippen LogP contribution < -0.4 is 5.32 Å². The number of carbonyl (C=O) groups excluding carboxylic acids is 1. The molecule has 1 aliphatic rings. The lowest BCUT2D eigenvalue weighted by Crippen LogP contribution is -2.20. The fraction of sp³-hybridized carbons (Fsp3) is 0.500. The van der Waals surface area contributed by atoms with Crippen molar-refractivity contribution < 1.29 is 4.79 Å². The van der Waals surface area contributed by atoms with E-state index in [0.29, 0.717) is 5.70 Å². The molecule has 0 spiro atoms. The average Bonchev–Trinajstić information content (AvgIpc) is 1.90. The number of nitrogens with one attached hydrogen (secondary N) is 1. The van der Waals surface area contributed by atoms with Crippen molar-refractivity contribution in [1.82, 2.24) is 5.32 Å². The topological polar surface area (TPSA) is 29.1 Å². The van der Waals surface area contributed by atoms with E-state index >= 15 is 0 Å². The summed E-state index contributed by atoms with van der Waals surface area (Å²) >= 11 is 0. The number of hydrogen-bond acceptors (Lipinski definition) is 2. The van der Waals surface area contributed by atoms with Gasteiger partial charge in [-0.3, -0.25) is 0 Å². The van der Waals surface area contributed by atoms with E-state index in [9.17, 15) is 4.79 Å². The Hall–Kier alpha value is -0.750. The van der Waals surface area contributed by atoms with E-state index in [1.165, 1.54) is 0 Å². The summed E-state index contributed by atoms with van der Waals surface area (Å²) in [5.41, 5.74) is 0.622. The van der Waals surface area contributed by atoms with Crippen LogP contribution >= 0.6 is 0 Å². The van der Waals surface area contributed by atoms with Crippen molar-refractivity contribution in [3.05, 3.63) is 12.1 Å². The molecule has 0 saturated carbocycles. The van der Waals surface area contributed by atoms with Gasteiger partial charge in [0, 0.05) is 13.0 Å². The van der Waals surface area contributed by atoms with Crippen LogP contribution in [0.1, 0.15) is 12.8 Å². The fourth-order valence-electron chi connectivity index (χ4n) is 0.721. The number of allylic oxidation sites excluding steroid dienone is 1. The smallest absolute Gasteiger partial charge is 0.145 e. The molecule has 0 unspecified atom stereocenters. The Balaban J connectivity index is 2.45. The van der Waals surface area contributed by atoms with Crippen LogP contribution in [-0.4, -0.2) is 12.5 Å². The van der Waals surface area contributed by atoms with E-state index in [1.807, 2.05) is 6.42 Å². The fourth-order valence-corrected chi connectivity index (χ4v) is 0.721. The maximum absolute atomic E-state index is 9.90. The second-order valence-electron chi connectivity index (χ2n) is 1.79. The first-order valence-electron chi connectivity index (χ1n) is 2.75.